The first-order valence-corrected chi connectivity index (χ1v) is 5.82. The summed E-state index contributed by atoms with van der Waals surface area (Å²) in [4.78, 5) is 21.8. The Bertz CT molecular complexity index is 715. The van der Waals surface area contributed by atoms with Crippen LogP contribution in [0.15, 0.2) is 58.9 Å². The number of anilines is 1. The Kier molecular flexibility index (Phi) is 4.20. The Morgan fingerprint density at radius 3 is 2.52 bits per heavy atom. The molecule has 0 saturated carbocycles. The van der Waals surface area contributed by atoms with Crippen molar-refractivity contribution >= 4 is 23.0 Å². The van der Waals surface area contributed by atoms with Crippen LogP contribution in [0.3, 0.4) is 0 Å². The van der Waals surface area contributed by atoms with Gasteiger partial charge >= 0.3 is 5.97 Å². The van der Waals surface area contributed by atoms with Crippen LogP contribution in [0, 0.1) is 10.1 Å². The second kappa shape index (κ2) is 6.24. The molecule has 106 valence electrons. The van der Waals surface area contributed by atoms with Gasteiger partial charge < -0.3 is 10.3 Å². The van der Waals surface area contributed by atoms with Crippen LogP contribution in [0.4, 0.5) is 17.1 Å². The van der Waals surface area contributed by atoms with Gasteiger partial charge in [0.2, 0.25) is 0 Å². The minimum atomic E-state index is -1.15. The molecule has 2 aromatic carbocycles. The summed E-state index contributed by atoms with van der Waals surface area (Å²) in [6.07, 6.45) is 0. The zero-order valence-electron chi connectivity index (χ0n) is 10.6. The van der Waals surface area contributed by atoms with Crippen molar-refractivity contribution < 1.29 is 14.8 Å². The number of carboxylic acid groups (broad SMARTS) is 1. The Balaban J connectivity index is 2.29. The third-order valence-corrected chi connectivity index (χ3v) is 2.60. The highest BCUT2D eigenvalue weighted by Gasteiger charge is 2.12. The summed E-state index contributed by atoms with van der Waals surface area (Å²) in [5.74, 6) is -1.15. The Morgan fingerprint density at radius 2 is 1.81 bits per heavy atom. The predicted octanol–water partition coefficient (Wildman–Crippen LogP) is 3.40. The van der Waals surface area contributed by atoms with Crippen molar-refractivity contribution in [1.29, 1.82) is 0 Å². The summed E-state index contributed by atoms with van der Waals surface area (Å²) in [7, 11) is 0. The number of rotatable bonds is 5. The molecular weight excluding hydrogens is 276 g/mol. The number of aromatic carboxylic acids is 1. The lowest BCUT2D eigenvalue weighted by Gasteiger charge is -2.06. The van der Waals surface area contributed by atoms with Crippen LogP contribution in [-0.4, -0.2) is 15.9 Å². The van der Waals surface area contributed by atoms with Crippen LogP contribution in [-0.2, 0) is 0 Å². The molecule has 0 fully saturated rings. The Hall–Kier alpha value is -3.29. The van der Waals surface area contributed by atoms with Crippen molar-refractivity contribution in [3.05, 3.63) is 64.2 Å². The number of hydrogen-bond acceptors (Lipinski definition) is 5. The van der Waals surface area contributed by atoms with Gasteiger partial charge in [0.05, 0.1) is 5.22 Å². The van der Waals surface area contributed by atoms with Gasteiger partial charge in [-0.2, -0.15) is 0 Å². The minimum Gasteiger partial charge on any atom is -0.691 e. The molecule has 0 aliphatic carbocycles. The molecule has 0 heterocycles. The van der Waals surface area contributed by atoms with Gasteiger partial charge in [-0.05, 0) is 29.4 Å². The van der Waals surface area contributed by atoms with E-state index < -0.39 is 5.97 Å². The van der Waals surface area contributed by atoms with Crippen LogP contribution >= 0.6 is 0 Å². The largest absolute Gasteiger partial charge is 0.691 e. The predicted molar refractivity (Wildman–Crippen MR) is 74.6 cm³/mol. The molecule has 0 saturated heterocycles. The first-order chi connectivity index (χ1) is 10.1. The summed E-state index contributed by atoms with van der Waals surface area (Å²) < 4.78 is 0. The smallest absolute Gasteiger partial charge is 0.340 e. The molecule has 0 radical (unpaired) electrons. The first-order valence-electron chi connectivity index (χ1n) is 5.82. The zero-order valence-corrected chi connectivity index (χ0v) is 10.6. The normalized spacial score (nSPS) is 11.0. The van der Waals surface area contributed by atoms with Gasteiger partial charge in [-0.15, -0.1) is 15.2 Å². The number of nitrogens with zero attached hydrogens (tertiary/aromatic N) is 3. The maximum Gasteiger partial charge on any atom is 0.340 e. The van der Waals surface area contributed by atoms with Crippen molar-refractivity contribution in [3.63, 3.8) is 0 Å². The third-order valence-electron chi connectivity index (χ3n) is 2.60. The van der Waals surface area contributed by atoms with Gasteiger partial charge in [0.15, 0.2) is 17.1 Å². The van der Waals surface area contributed by atoms with E-state index >= 15 is 0 Å². The van der Waals surface area contributed by atoms with E-state index in [4.69, 9.17) is 5.11 Å². The Labute approximate surface area is 118 Å². The van der Waals surface area contributed by atoms with Gasteiger partial charge in [0, 0.05) is 0 Å². The van der Waals surface area contributed by atoms with Crippen molar-refractivity contribution in [3.8, 4) is 0 Å². The summed E-state index contributed by atoms with van der Waals surface area (Å²) in [5.41, 5.74) is 2.37. The lowest BCUT2D eigenvalue weighted by atomic mass is 10.2. The van der Waals surface area contributed by atoms with Crippen LogP contribution in [0.1, 0.15) is 10.4 Å². The molecule has 0 unspecified atom stereocenters. The van der Waals surface area contributed by atoms with E-state index in [0.717, 1.165) is 0 Å². The van der Waals surface area contributed by atoms with Crippen LogP contribution < -0.4 is 5.43 Å². The third kappa shape index (κ3) is 3.18. The fourth-order valence-corrected chi connectivity index (χ4v) is 1.62. The van der Waals surface area contributed by atoms with Gasteiger partial charge in [0.1, 0.15) is 5.56 Å². The fourth-order valence-electron chi connectivity index (χ4n) is 1.62. The second-order valence-electron chi connectivity index (χ2n) is 3.92. The van der Waals surface area contributed by atoms with Crippen molar-refractivity contribution in [2.24, 2.45) is 10.4 Å². The van der Waals surface area contributed by atoms with E-state index in [2.05, 4.69) is 15.8 Å². The monoisotopic (exact) mass is 286 g/mol. The summed E-state index contributed by atoms with van der Waals surface area (Å²) >= 11 is 0. The van der Waals surface area contributed by atoms with E-state index in [1.54, 1.807) is 24.3 Å². The van der Waals surface area contributed by atoms with Gasteiger partial charge in [-0.1, -0.05) is 24.3 Å². The number of carbonyl (C=O) groups is 1. The van der Waals surface area contributed by atoms with Gasteiger partial charge in [-0.3, -0.25) is 0 Å². The molecule has 2 N–H and O–H groups in total. The summed E-state index contributed by atoms with van der Waals surface area (Å²) in [5, 5.41) is 27.0. The maximum atomic E-state index is 11.8. The number of nitrogens with one attached hydrogen (secondary N) is 1. The highest BCUT2D eigenvalue weighted by Crippen LogP contribution is 2.26. The average Bonchev–Trinajstić information content (AvgIpc) is 2.52. The molecule has 0 spiro atoms. The first kappa shape index (κ1) is 14.1. The maximum absolute atomic E-state index is 11.8. The van der Waals surface area contributed by atoms with Crippen molar-refractivity contribution in [1.82, 2.24) is 0 Å². The topological polar surface area (TPSA) is 117 Å². The summed E-state index contributed by atoms with van der Waals surface area (Å²) in [6.45, 7) is 0. The number of benzene rings is 2. The molecule has 8 heteroatoms. The molecule has 0 aliphatic rings. The molecule has 21 heavy (non-hydrogen) atoms. The molecule has 0 aromatic heterocycles. The number of para-hydroxylation sites is 2. The molecule has 0 atom stereocenters. The molecular formula is C13H10N4O4. The van der Waals surface area contributed by atoms with E-state index in [1.165, 1.54) is 24.3 Å². The SMILES string of the molecule is O=Nc1ccccc1/[N+]([O-])=N/Nc1ccccc1C(=O)O. The van der Waals surface area contributed by atoms with Crippen LogP contribution in [0.2, 0.25) is 0 Å². The van der Waals surface area contributed by atoms with Crippen molar-refractivity contribution in [2.75, 3.05) is 5.43 Å². The molecule has 0 aliphatic heterocycles. The Morgan fingerprint density at radius 1 is 1.14 bits per heavy atom. The minimum absolute atomic E-state index is 0.0311. The highest BCUT2D eigenvalue weighted by atomic mass is 16.5. The van der Waals surface area contributed by atoms with Crippen LogP contribution in [0.5, 0.6) is 0 Å². The molecule has 8 nitrogen and oxygen atoms in total. The molecule has 0 bridgehead atoms. The standard InChI is InChI=1S/C13H10N4O4/c18-13(19)9-5-1-2-6-10(9)14-16-17(21)12-8-4-3-7-11(12)15-20/h1-8,14H,(H,18,19)/b17-16-. The molecule has 2 aromatic rings. The molecule has 0 amide bonds. The lowest BCUT2D eigenvalue weighted by Crippen LogP contribution is -2.04. The average molecular weight is 286 g/mol. The highest BCUT2D eigenvalue weighted by molar-refractivity contribution is 5.94. The van der Waals surface area contributed by atoms with E-state index in [9.17, 15) is 14.9 Å². The second-order valence-corrected chi connectivity index (χ2v) is 3.92. The van der Waals surface area contributed by atoms with E-state index in [0.29, 0.717) is 0 Å². The quantitative estimate of drug-likeness (QED) is 0.378. The van der Waals surface area contributed by atoms with Gasteiger partial charge in [-0.25, -0.2) is 4.79 Å². The zero-order chi connectivity index (χ0) is 15.2. The van der Waals surface area contributed by atoms with E-state index in [1.807, 2.05) is 0 Å². The lowest BCUT2D eigenvalue weighted by molar-refractivity contribution is -0.438. The van der Waals surface area contributed by atoms with Crippen LogP contribution in [0.25, 0.3) is 0 Å². The molecule has 2 rings (SSSR count). The number of nitroso groups, excluding NO2 is 1. The summed E-state index contributed by atoms with van der Waals surface area (Å²) in [6, 6.07) is 11.8. The van der Waals surface area contributed by atoms with Gasteiger partial charge in [0.25, 0.3) is 0 Å². The van der Waals surface area contributed by atoms with Crippen molar-refractivity contribution in [2.45, 2.75) is 0 Å². The fraction of sp³-hybridized carbons (Fsp3) is 0. The number of carboxylic acids is 1. The van der Waals surface area contributed by atoms with E-state index in [-0.39, 0.29) is 27.5 Å². The number of hydrogen-bond donors (Lipinski definition) is 2.